The van der Waals surface area contributed by atoms with E-state index in [1.807, 2.05) is 37.3 Å². The van der Waals surface area contributed by atoms with Gasteiger partial charge in [-0.05, 0) is 17.7 Å². The molecule has 0 radical (unpaired) electrons. The second-order valence-electron chi connectivity index (χ2n) is 4.44. The molecule has 0 spiro atoms. The van der Waals surface area contributed by atoms with Gasteiger partial charge in [0.2, 0.25) is 0 Å². The molecule has 4 heteroatoms. The van der Waals surface area contributed by atoms with Crippen LogP contribution in [-0.2, 0) is 0 Å². The molecule has 2 aromatic carbocycles. The first-order valence-corrected chi connectivity index (χ1v) is 6.35. The third-order valence-electron chi connectivity index (χ3n) is 2.94. The molecule has 0 aliphatic rings. The molecule has 4 nitrogen and oxygen atoms in total. The number of rotatable bonds is 4. The van der Waals surface area contributed by atoms with Crippen molar-refractivity contribution < 1.29 is 9.90 Å². The Kier molecular flexibility index (Phi) is 4.50. The van der Waals surface area contributed by atoms with Crippen LogP contribution >= 0.6 is 0 Å². The van der Waals surface area contributed by atoms with E-state index in [-0.39, 0.29) is 17.2 Å². The molecule has 20 heavy (non-hydrogen) atoms. The Bertz CT molecular complexity index is 609. The van der Waals surface area contributed by atoms with Crippen molar-refractivity contribution in [2.24, 2.45) is 5.10 Å². The van der Waals surface area contributed by atoms with Crippen molar-refractivity contribution in [3.63, 3.8) is 0 Å². The first-order chi connectivity index (χ1) is 9.68. The second kappa shape index (κ2) is 6.52. The molecule has 102 valence electrons. The van der Waals surface area contributed by atoms with E-state index in [2.05, 4.69) is 10.5 Å². The zero-order chi connectivity index (χ0) is 14.4. The highest BCUT2D eigenvalue weighted by Crippen LogP contribution is 2.15. The zero-order valence-corrected chi connectivity index (χ0v) is 11.2. The topological polar surface area (TPSA) is 61.7 Å². The van der Waals surface area contributed by atoms with E-state index >= 15 is 0 Å². The maximum absolute atomic E-state index is 11.8. The molecule has 0 heterocycles. The largest absolute Gasteiger partial charge is 0.507 e. The fourth-order valence-corrected chi connectivity index (χ4v) is 1.78. The van der Waals surface area contributed by atoms with Crippen LogP contribution in [0.2, 0.25) is 0 Å². The zero-order valence-electron chi connectivity index (χ0n) is 11.2. The molecule has 1 unspecified atom stereocenters. The van der Waals surface area contributed by atoms with Crippen LogP contribution in [-0.4, -0.2) is 17.2 Å². The van der Waals surface area contributed by atoms with Crippen molar-refractivity contribution >= 4 is 12.1 Å². The van der Waals surface area contributed by atoms with E-state index in [0.717, 1.165) is 5.56 Å². The lowest BCUT2D eigenvalue weighted by atomic mass is 10.0. The van der Waals surface area contributed by atoms with Gasteiger partial charge in [-0.15, -0.1) is 0 Å². The Hall–Kier alpha value is -2.62. The summed E-state index contributed by atoms with van der Waals surface area (Å²) in [5.41, 5.74) is 3.74. The van der Waals surface area contributed by atoms with Gasteiger partial charge in [0, 0.05) is 12.1 Å². The maximum atomic E-state index is 11.8. The lowest BCUT2D eigenvalue weighted by Crippen LogP contribution is -2.18. The van der Waals surface area contributed by atoms with Crippen LogP contribution in [0, 0.1) is 0 Å². The van der Waals surface area contributed by atoms with Gasteiger partial charge < -0.3 is 5.11 Å². The van der Waals surface area contributed by atoms with Gasteiger partial charge >= 0.3 is 0 Å². The minimum absolute atomic E-state index is 0.0590. The fourth-order valence-electron chi connectivity index (χ4n) is 1.78. The number of amides is 1. The molecule has 0 aliphatic carbocycles. The number of nitrogens with zero attached hydrogens (tertiary/aromatic N) is 1. The summed E-state index contributed by atoms with van der Waals surface area (Å²) >= 11 is 0. The number of phenols is 1. The van der Waals surface area contributed by atoms with Gasteiger partial charge in [-0.3, -0.25) is 4.79 Å². The highest BCUT2D eigenvalue weighted by Gasteiger charge is 2.08. The molecule has 2 aromatic rings. The van der Waals surface area contributed by atoms with Gasteiger partial charge in [-0.25, -0.2) is 5.43 Å². The molecule has 0 aliphatic heterocycles. The van der Waals surface area contributed by atoms with E-state index in [0.29, 0.717) is 0 Å². The van der Waals surface area contributed by atoms with E-state index in [1.165, 1.54) is 6.07 Å². The lowest BCUT2D eigenvalue weighted by Gasteiger charge is -2.06. The molecule has 0 saturated heterocycles. The minimum Gasteiger partial charge on any atom is -0.507 e. The van der Waals surface area contributed by atoms with Gasteiger partial charge in [0.05, 0.1) is 5.56 Å². The number of nitrogens with one attached hydrogen (secondary N) is 1. The summed E-state index contributed by atoms with van der Waals surface area (Å²) in [6.07, 6.45) is 1.66. The number of para-hydroxylation sites is 1. The Morgan fingerprint density at radius 3 is 2.50 bits per heavy atom. The molecule has 2 rings (SSSR count). The molecule has 1 amide bonds. The third kappa shape index (κ3) is 3.45. The van der Waals surface area contributed by atoms with Crippen LogP contribution in [0.3, 0.4) is 0 Å². The molecular weight excluding hydrogens is 252 g/mol. The number of carbonyl (C=O) groups excluding carboxylic acids is 1. The van der Waals surface area contributed by atoms with Crippen molar-refractivity contribution in [3.05, 3.63) is 65.7 Å². The first-order valence-electron chi connectivity index (χ1n) is 6.35. The molecule has 0 bridgehead atoms. The summed E-state index contributed by atoms with van der Waals surface area (Å²) < 4.78 is 0. The normalized spacial score (nSPS) is 12.2. The Morgan fingerprint density at radius 2 is 1.80 bits per heavy atom. The van der Waals surface area contributed by atoms with Crippen LogP contribution in [0.1, 0.15) is 28.8 Å². The third-order valence-corrected chi connectivity index (χ3v) is 2.94. The summed E-state index contributed by atoms with van der Waals surface area (Å²) in [4.78, 5) is 11.8. The summed E-state index contributed by atoms with van der Waals surface area (Å²) in [5, 5.41) is 13.5. The molecule has 0 fully saturated rings. The predicted octanol–water partition coefficient (Wildman–Crippen LogP) is 2.91. The van der Waals surface area contributed by atoms with Crippen LogP contribution < -0.4 is 5.43 Å². The molecule has 0 saturated carbocycles. The van der Waals surface area contributed by atoms with Gasteiger partial charge in [-0.2, -0.15) is 5.10 Å². The molecular formula is C16H16N2O2. The monoisotopic (exact) mass is 268 g/mol. The van der Waals surface area contributed by atoms with Crippen LogP contribution in [0.5, 0.6) is 5.75 Å². The number of carbonyl (C=O) groups is 1. The molecule has 2 N–H and O–H groups in total. The van der Waals surface area contributed by atoms with Crippen molar-refractivity contribution in [2.75, 3.05) is 0 Å². The van der Waals surface area contributed by atoms with E-state index in [1.54, 1.807) is 24.4 Å². The maximum Gasteiger partial charge on any atom is 0.275 e. The number of hydrogen-bond acceptors (Lipinski definition) is 3. The van der Waals surface area contributed by atoms with Crippen molar-refractivity contribution in [3.8, 4) is 5.75 Å². The van der Waals surface area contributed by atoms with Gasteiger partial charge in [0.1, 0.15) is 5.75 Å². The van der Waals surface area contributed by atoms with E-state index < -0.39 is 5.91 Å². The highest BCUT2D eigenvalue weighted by molar-refractivity contribution is 5.96. The lowest BCUT2D eigenvalue weighted by molar-refractivity contribution is 0.0952. The highest BCUT2D eigenvalue weighted by atomic mass is 16.3. The van der Waals surface area contributed by atoms with Crippen molar-refractivity contribution in [1.29, 1.82) is 0 Å². The van der Waals surface area contributed by atoms with Gasteiger partial charge in [-0.1, -0.05) is 49.4 Å². The molecule has 1 atom stereocenters. The fraction of sp³-hybridized carbons (Fsp3) is 0.125. The van der Waals surface area contributed by atoms with Crippen LogP contribution in [0.15, 0.2) is 59.7 Å². The summed E-state index contributed by atoms with van der Waals surface area (Å²) in [5.74, 6) is -0.392. The van der Waals surface area contributed by atoms with Gasteiger partial charge in [0.25, 0.3) is 5.91 Å². The average Bonchev–Trinajstić information content (AvgIpc) is 2.48. The molecule has 0 aromatic heterocycles. The van der Waals surface area contributed by atoms with E-state index in [4.69, 9.17) is 0 Å². The van der Waals surface area contributed by atoms with Crippen LogP contribution in [0.25, 0.3) is 0 Å². The smallest absolute Gasteiger partial charge is 0.275 e. The summed E-state index contributed by atoms with van der Waals surface area (Å²) in [7, 11) is 0. The second-order valence-corrected chi connectivity index (χ2v) is 4.44. The van der Waals surface area contributed by atoms with Crippen molar-refractivity contribution in [1.82, 2.24) is 5.43 Å². The Labute approximate surface area is 117 Å². The standard InChI is InChI=1S/C16H16N2O2/c1-12(13-7-3-2-4-8-13)11-17-18-16(20)14-9-5-6-10-15(14)19/h2-12,19H,1H3,(H,18,20)/b17-11+. The first kappa shape index (κ1) is 13.8. The SMILES string of the molecule is CC(/C=N/NC(=O)c1ccccc1O)c1ccccc1. The number of aromatic hydroxyl groups is 1. The van der Waals surface area contributed by atoms with Crippen molar-refractivity contribution in [2.45, 2.75) is 12.8 Å². The predicted molar refractivity (Wildman–Crippen MR) is 78.9 cm³/mol. The average molecular weight is 268 g/mol. The van der Waals surface area contributed by atoms with E-state index in [9.17, 15) is 9.90 Å². The minimum atomic E-state index is -0.431. The summed E-state index contributed by atoms with van der Waals surface area (Å²) in [6.45, 7) is 1.99. The Morgan fingerprint density at radius 1 is 1.15 bits per heavy atom. The number of benzene rings is 2. The van der Waals surface area contributed by atoms with Crippen LogP contribution in [0.4, 0.5) is 0 Å². The summed E-state index contributed by atoms with van der Waals surface area (Å²) in [6, 6.07) is 16.2. The van der Waals surface area contributed by atoms with Gasteiger partial charge in [0.15, 0.2) is 0 Å². The number of phenolic OH excluding ortho intramolecular Hbond substituents is 1. The number of hydrogen-bond donors (Lipinski definition) is 2. The number of hydrazone groups is 1. The quantitative estimate of drug-likeness (QED) is 0.661. The Balaban J connectivity index is 1.97.